The molecule has 1 aromatic heterocycles. The van der Waals surface area contributed by atoms with Crippen molar-refractivity contribution in [2.24, 2.45) is 0 Å². The van der Waals surface area contributed by atoms with Crippen LogP contribution in [0.4, 0.5) is 0 Å². The van der Waals surface area contributed by atoms with Crippen LogP contribution < -0.4 is 4.74 Å². The van der Waals surface area contributed by atoms with E-state index in [-0.39, 0.29) is 19.0 Å². The first-order valence-electron chi connectivity index (χ1n) is 8.94. The Hall–Kier alpha value is -2.04. The third-order valence-electron chi connectivity index (χ3n) is 4.66. The molecule has 1 N–H and O–H groups in total. The van der Waals surface area contributed by atoms with Crippen molar-refractivity contribution in [2.45, 2.75) is 45.3 Å². The molecule has 1 heterocycles. The normalized spacial score (nSPS) is 14.9. The van der Waals surface area contributed by atoms with Crippen LogP contribution in [-0.2, 0) is 6.54 Å². The van der Waals surface area contributed by atoms with Crippen molar-refractivity contribution in [3.8, 4) is 5.75 Å². The van der Waals surface area contributed by atoms with Crippen LogP contribution in [-0.4, -0.2) is 27.4 Å². The van der Waals surface area contributed by atoms with Gasteiger partial charge in [0.2, 0.25) is 0 Å². The third kappa shape index (κ3) is 4.02. The van der Waals surface area contributed by atoms with Gasteiger partial charge in [-0.2, -0.15) is 0 Å². The molecule has 1 fully saturated rings. The average molecular weight is 373 g/mol. The lowest BCUT2D eigenvalue weighted by Gasteiger charge is -2.16. The summed E-state index contributed by atoms with van der Waals surface area (Å²) in [6.45, 7) is 4.89. The Kier molecular flexibility index (Phi) is 5.54. The Balaban J connectivity index is 0.00000196. The molecular formula is C21H25ClN2O2. The van der Waals surface area contributed by atoms with Gasteiger partial charge in [-0.3, -0.25) is 0 Å². The highest BCUT2D eigenvalue weighted by molar-refractivity contribution is 5.85. The highest BCUT2D eigenvalue weighted by Crippen LogP contribution is 2.40. The monoisotopic (exact) mass is 372 g/mol. The van der Waals surface area contributed by atoms with Crippen LogP contribution in [0.5, 0.6) is 5.75 Å². The Morgan fingerprint density at radius 1 is 1.15 bits per heavy atom. The summed E-state index contributed by atoms with van der Waals surface area (Å²) < 4.78 is 7.99. The van der Waals surface area contributed by atoms with E-state index >= 15 is 0 Å². The number of aliphatic hydroxyl groups excluding tert-OH is 1. The minimum atomic E-state index is -0.573. The molecule has 1 aliphatic carbocycles. The van der Waals surface area contributed by atoms with Gasteiger partial charge in [0, 0.05) is 5.92 Å². The number of aliphatic hydroxyl groups is 1. The molecule has 1 unspecified atom stereocenters. The minimum Gasteiger partial charge on any atom is -0.491 e. The Labute approximate surface area is 160 Å². The number of halogens is 1. The second-order valence-electron chi connectivity index (χ2n) is 7.13. The summed E-state index contributed by atoms with van der Waals surface area (Å²) in [4.78, 5) is 4.78. The molecule has 1 aliphatic rings. The minimum absolute atomic E-state index is 0. The van der Waals surface area contributed by atoms with Crippen LogP contribution in [0.25, 0.3) is 11.0 Å². The van der Waals surface area contributed by atoms with E-state index in [0.29, 0.717) is 12.5 Å². The van der Waals surface area contributed by atoms with Crippen molar-refractivity contribution in [2.75, 3.05) is 6.61 Å². The fourth-order valence-corrected chi connectivity index (χ4v) is 3.41. The van der Waals surface area contributed by atoms with Gasteiger partial charge in [-0.15, -0.1) is 12.4 Å². The molecule has 3 aromatic rings. The van der Waals surface area contributed by atoms with Gasteiger partial charge >= 0.3 is 0 Å². The van der Waals surface area contributed by atoms with E-state index in [9.17, 15) is 5.11 Å². The first-order chi connectivity index (χ1) is 12.1. The van der Waals surface area contributed by atoms with Crippen molar-refractivity contribution in [1.29, 1.82) is 0 Å². The molecule has 138 valence electrons. The highest BCUT2D eigenvalue weighted by atomic mass is 35.5. The fourth-order valence-electron chi connectivity index (χ4n) is 3.41. The maximum Gasteiger partial charge on any atom is 0.119 e. The molecule has 0 spiro atoms. The highest BCUT2D eigenvalue weighted by Gasteiger charge is 2.30. The summed E-state index contributed by atoms with van der Waals surface area (Å²) in [5.74, 6) is 2.46. The molecule has 1 atom stereocenters. The van der Waals surface area contributed by atoms with Gasteiger partial charge in [0.25, 0.3) is 0 Å². The van der Waals surface area contributed by atoms with Crippen LogP contribution >= 0.6 is 12.4 Å². The van der Waals surface area contributed by atoms with Crippen molar-refractivity contribution in [3.05, 3.63) is 59.4 Å². The number of nitrogens with zero attached hydrogens (tertiary/aromatic N) is 2. The molecule has 4 rings (SSSR count). The molecular weight excluding hydrogens is 348 g/mol. The summed E-state index contributed by atoms with van der Waals surface area (Å²) in [6.07, 6.45) is 1.81. The lowest BCUT2D eigenvalue weighted by molar-refractivity contribution is 0.0926. The predicted octanol–water partition coefficient (Wildman–Crippen LogP) is 4.39. The molecule has 0 radical (unpaired) electrons. The van der Waals surface area contributed by atoms with E-state index in [2.05, 4.69) is 30.5 Å². The molecule has 0 amide bonds. The van der Waals surface area contributed by atoms with E-state index in [1.165, 1.54) is 24.0 Å². The summed E-state index contributed by atoms with van der Waals surface area (Å²) in [7, 11) is 0. The Morgan fingerprint density at radius 3 is 2.54 bits per heavy atom. The summed E-state index contributed by atoms with van der Waals surface area (Å²) in [6, 6.07) is 14.3. The second-order valence-corrected chi connectivity index (χ2v) is 7.13. The zero-order valence-electron chi connectivity index (χ0n) is 15.2. The van der Waals surface area contributed by atoms with E-state index in [4.69, 9.17) is 9.72 Å². The number of para-hydroxylation sites is 2. The second kappa shape index (κ2) is 7.68. The Bertz CT molecular complexity index is 882. The quantitative estimate of drug-likeness (QED) is 0.698. The number of rotatable bonds is 6. The maximum absolute atomic E-state index is 10.5. The van der Waals surface area contributed by atoms with E-state index < -0.39 is 6.10 Å². The van der Waals surface area contributed by atoms with Gasteiger partial charge in [-0.25, -0.2) is 4.98 Å². The van der Waals surface area contributed by atoms with Gasteiger partial charge in [0.05, 0.1) is 17.6 Å². The number of hydrogen-bond donors (Lipinski definition) is 1. The standard InChI is InChI=1S/C21H24N2O2.ClH/c1-14-9-15(2)11-18(10-14)25-13-17(24)12-23-20-6-4-3-5-19(20)22-21(23)16-7-8-16;/h3-6,9-11,16-17,24H,7-8,12-13H2,1-2H3;1H. The topological polar surface area (TPSA) is 47.3 Å². The lowest BCUT2D eigenvalue weighted by atomic mass is 10.1. The number of aryl methyl sites for hydroxylation is 2. The Morgan fingerprint density at radius 2 is 1.85 bits per heavy atom. The lowest BCUT2D eigenvalue weighted by Crippen LogP contribution is -2.24. The fraction of sp³-hybridized carbons (Fsp3) is 0.381. The van der Waals surface area contributed by atoms with Crippen LogP contribution in [0.2, 0.25) is 0 Å². The molecule has 4 nitrogen and oxygen atoms in total. The third-order valence-corrected chi connectivity index (χ3v) is 4.66. The molecule has 2 aromatic carbocycles. The van der Waals surface area contributed by atoms with Gasteiger partial charge in [-0.05, 0) is 62.1 Å². The molecule has 26 heavy (non-hydrogen) atoms. The number of benzene rings is 2. The van der Waals surface area contributed by atoms with E-state index in [1.54, 1.807) is 0 Å². The molecule has 0 saturated heterocycles. The van der Waals surface area contributed by atoms with E-state index in [1.807, 2.05) is 30.3 Å². The average Bonchev–Trinajstić information content (AvgIpc) is 3.36. The molecule has 5 heteroatoms. The first kappa shape index (κ1) is 18.7. The number of ether oxygens (including phenoxy) is 1. The molecule has 1 saturated carbocycles. The summed E-state index contributed by atoms with van der Waals surface area (Å²) in [5, 5.41) is 10.5. The number of imidazole rings is 1. The van der Waals surface area contributed by atoms with Crippen molar-refractivity contribution < 1.29 is 9.84 Å². The molecule has 0 aliphatic heterocycles. The number of fused-ring (bicyclic) bond motifs is 1. The molecule has 0 bridgehead atoms. The zero-order valence-corrected chi connectivity index (χ0v) is 16.0. The first-order valence-corrected chi connectivity index (χ1v) is 8.94. The van der Waals surface area contributed by atoms with Crippen LogP contribution in [0.1, 0.15) is 35.7 Å². The zero-order chi connectivity index (χ0) is 17.4. The maximum atomic E-state index is 10.5. The largest absolute Gasteiger partial charge is 0.491 e. The van der Waals surface area contributed by atoms with Gasteiger partial charge < -0.3 is 14.4 Å². The van der Waals surface area contributed by atoms with Crippen LogP contribution in [0, 0.1) is 13.8 Å². The summed E-state index contributed by atoms with van der Waals surface area (Å²) in [5.41, 5.74) is 4.43. The predicted molar refractivity (Wildman–Crippen MR) is 106 cm³/mol. The van der Waals surface area contributed by atoms with Crippen LogP contribution in [0.15, 0.2) is 42.5 Å². The number of hydrogen-bond acceptors (Lipinski definition) is 3. The van der Waals surface area contributed by atoms with Crippen molar-refractivity contribution >= 4 is 23.4 Å². The van der Waals surface area contributed by atoms with Gasteiger partial charge in [0.15, 0.2) is 0 Å². The summed E-state index contributed by atoms with van der Waals surface area (Å²) >= 11 is 0. The number of aromatic nitrogens is 2. The smallest absolute Gasteiger partial charge is 0.119 e. The van der Waals surface area contributed by atoms with Crippen molar-refractivity contribution in [3.63, 3.8) is 0 Å². The van der Waals surface area contributed by atoms with Crippen molar-refractivity contribution in [1.82, 2.24) is 9.55 Å². The SMILES string of the molecule is Cc1cc(C)cc(OCC(O)Cn2c(C3CC3)nc3ccccc32)c1.Cl. The van der Waals surface area contributed by atoms with Gasteiger partial charge in [-0.1, -0.05) is 18.2 Å². The van der Waals surface area contributed by atoms with Crippen LogP contribution in [0.3, 0.4) is 0 Å². The van der Waals surface area contributed by atoms with E-state index in [0.717, 1.165) is 22.6 Å². The van der Waals surface area contributed by atoms with Gasteiger partial charge in [0.1, 0.15) is 24.3 Å².